The Morgan fingerprint density at radius 1 is 1.75 bits per heavy atom. The van der Waals surface area contributed by atoms with Crippen LogP contribution in [0.2, 0.25) is 0 Å². The van der Waals surface area contributed by atoms with E-state index in [2.05, 4.69) is 38.6 Å². The highest BCUT2D eigenvalue weighted by atomic mass is 127. The number of primary amides is 1. The molecule has 0 unspecified atom stereocenters. The second-order valence-electron chi connectivity index (χ2n) is 0.992. The lowest BCUT2D eigenvalue weighted by Gasteiger charge is -1.78. The van der Waals surface area contributed by atoms with Crippen molar-refractivity contribution in [3.8, 4) is 0 Å². The minimum atomic E-state index is -0.727. The topological polar surface area (TPSA) is 67.8 Å². The van der Waals surface area contributed by atoms with Gasteiger partial charge in [-0.05, 0) is 0 Å². The van der Waals surface area contributed by atoms with Crippen LogP contribution in [0.4, 0.5) is 4.79 Å². The van der Waals surface area contributed by atoms with Crippen LogP contribution in [0.25, 0.3) is 0 Å². The van der Waals surface area contributed by atoms with Crippen molar-refractivity contribution < 1.29 is 4.79 Å². The number of alkyl halides is 1. The van der Waals surface area contributed by atoms with Gasteiger partial charge in [0.1, 0.15) is 0 Å². The monoisotopic (exact) mass is 227 g/mol. The molecule has 46 valence electrons. The quantitative estimate of drug-likeness (QED) is 0.426. The highest BCUT2D eigenvalue weighted by molar-refractivity contribution is 14.1. The van der Waals surface area contributed by atoms with Gasteiger partial charge in [0.15, 0.2) is 0 Å². The Balaban J connectivity index is 3.20. The van der Waals surface area contributed by atoms with Crippen molar-refractivity contribution in [3.05, 3.63) is 0 Å². The maximum absolute atomic E-state index is 9.83. The minimum absolute atomic E-state index is 0.559. The first-order chi connectivity index (χ1) is 3.77. The first kappa shape index (κ1) is 7.80. The Morgan fingerprint density at radius 3 is 2.75 bits per heavy atom. The Labute approximate surface area is 60.7 Å². The van der Waals surface area contributed by atoms with Gasteiger partial charge in [-0.15, -0.1) is 0 Å². The number of halogens is 1. The van der Waals surface area contributed by atoms with Gasteiger partial charge in [0.05, 0.1) is 6.54 Å². The molecule has 0 aromatic heterocycles. The molecule has 5 heteroatoms. The van der Waals surface area contributed by atoms with Gasteiger partial charge in [-0.3, -0.25) is 0 Å². The summed E-state index contributed by atoms with van der Waals surface area (Å²) in [6.07, 6.45) is 0. The van der Waals surface area contributed by atoms with Gasteiger partial charge in [0.2, 0.25) is 0 Å². The molecular formula is C3H6IN3O. The molecule has 0 fully saturated rings. The van der Waals surface area contributed by atoms with Crippen LogP contribution < -0.4 is 5.73 Å². The molecule has 8 heavy (non-hydrogen) atoms. The number of nitrogens with zero attached hydrogens (tertiary/aromatic N) is 2. The summed E-state index contributed by atoms with van der Waals surface area (Å²) >= 11 is 2.13. The number of hydrogen-bond acceptors (Lipinski definition) is 2. The smallest absolute Gasteiger partial charge is 0.348 e. The fourth-order valence-electron chi connectivity index (χ4n) is 0.157. The molecule has 0 atom stereocenters. The molecule has 0 rings (SSSR count). The average molecular weight is 227 g/mol. The maximum atomic E-state index is 9.83. The Hall–Kier alpha value is -0.200. The molecule has 0 saturated carbocycles. The predicted octanol–water partition coefficient (Wildman–Crippen LogP) is 0.952. The lowest BCUT2D eigenvalue weighted by Crippen LogP contribution is -2.02. The summed E-state index contributed by atoms with van der Waals surface area (Å²) in [5, 5.41) is 6.51. The van der Waals surface area contributed by atoms with Crippen LogP contribution in [-0.2, 0) is 0 Å². The Morgan fingerprint density at radius 2 is 2.38 bits per heavy atom. The van der Waals surface area contributed by atoms with Gasteiger partial charge in [0, 0.05) is 4.43 Å². The molecule has 0 heterocycles. The van der Waals surface area contributed by atoms with E-state index in [9.17, 15) is 4.79 Å². The maximum Gasteiger partial charge on any atom is 0.356 e. The van der Waals surface area contributed by atoms with Crippen molar-refractivity contribution in [2.45, 2.75) is 0 Å². The van der Waals surface area contributed by atoms with Gasteiger partial charge in [-0.25, -0.2) is 4.79 Å². The number of carbonyl (C=O) groups excluding carboxylic acids is 1. The predicted molar refractivity (Wildman–Crippen MR) is 38.2 cm³/mol. The SMILES string of the molecule is NC(=O)N=NCCI. The molecule has 0 aromatic rings. The summed E-state index contributed by atoms with van der Waals surface area (Å²) in [6, 6.07) is -0.727. The van der Waals surface area contributed by atoms with E-state index in [4.69, 9.17) is 0 Å². The van der Waals surface area contributed by atoms with Gasteiger partial charge in [-0.1, -0.05) is 27.7 Å². The van der Waals surface area contributed by atoms with Gasteiger partial charge >= 0.3 is 6.03 Å². The number of carbonyl (C=O) groups is 1. The van der Waals surface area contributed by atoms with Gasteiger partial charge < -0.3 is 5.73 Å². The lowest BCUT2D eigenvalue weighted by molar-refractivity contribution is 0.255. The second kappa shape index (κ2) is 4.95. The van der Waals surface area contributed by atoms with E-state index in [1.165, 1.54) is 0 Å². The van der Waals surface area contributed by atoms with Crippen molar-refractivity contribution in [1.29, 1.82) is 0 Å². The summed E-state index contributed by atoms with van der Waals surface area (Å²) in [4.78, 5) is 9.83. The van der Waals surface area contributed by atoms with Crippen LogP contribution in [0.15, 0.2) is 10.2 Å². The van der Waals surface area contributed by atoms with E-state index < -0.39 is 6.03 Å². The molecular weight excluding hydrogens is 221 g/mol. The Bertz CT molecular complexity index is 103. The summed E-state index contributed by atoms with van der Waals surface area (Å²) < 4.78 is 0.856. The fourth-order valence-corrected chi connectivity index (χ4v) is 0.373. The number of hydrogen-bond donors (Lipinski definition) is 1. The first-order valence-electron chi connectivity index (χ1n) is 2.00. The van der Waals surface area contributed by atoms with E-state index in [1.807, 2.05) is 0 Å². The summed E-state index contributed by atoms with van der Waals surface area (Å²) in [7, 11) is 0. The molecule has 0 aliphatic heterocycles. The zero-order valence-electron chi connectivity index (χ0n) is 4.17. The second-order valence-corrected chi connectivity index (χ2v) is 2.07. The third kappa shape index (κ3) is 5.80. The third-order valence-corrected chi connectivity index (χ3v) is 0.836. The van der Waals surface area contributed by atoms with Crippen molar-refractivity contribution in [2.75, 3.05) is 11.0 Å². The van der Waals surface area contributed by atoms with E-state index in [1.54, 1.807) is 0 Å². The number of azo groups is 1. The van der Waals surface area contributed by atoms with Gasteiger partial charge in [0.25, 0.3) is 0 Å². The van der Waals surface area contributed by atoms with Crippen LogP contribution in [-0.4, -0.2) is 17.0 Å². The molecule has 0 spiro atoms. The number of amides is 2. The minimum Gasteiger partial charge on any atom is -0.348 e. The molecule has 0 bridgehead atoms. The summed E-state index contributed by atoms with van der Waals surface area (Å²) in [6.45, 7) is 0.559. The molecule has 4 nitrogen and oxygen atoms in total. The zero-order chi connectivity index (χ0) is 6.41. The van der Waals surface area contributed by atoms with E-state index in [0.29, 0.717) is 6.54 Å². The summed E-state index contributed by atoms with van der Waals surface area (Å²) in [5.41, 5.74) is 4.63. The lowest BCUT2D eigenvalue weighted by atomic mass is 10.8. The Kier molecular flexibility index (Phi) is 4.82. The number of nitrogens with two attached hydrogens (primary N) is 1. The van der Waals surface area contributed by atoms with Crippen molar-refractivity contribution in [2.24, 2.45) is 16.0 Å². The molecule has 2 amide bonds. The van der Waals surface area contributed by atoms with Crippen molar-refractivity contribution >= 4 is 28.6 Å². The molecule has 0 radical (unpaired) electrons. The average Bonchev–Trinajstić information content (AvgIpc) is 1.66. The van der Waals surface area contributed by atoms with Crippen LogP contribution in [0, 0.1) is 0 Å². The van der Waals surface area contributed by atoms with Gasteiger partial charge in [-0.2, -0.15) is 5.11 Å². The first-order valence-corrected chi connectivity index (χ1v) is 3.53. The molecule has 0 aliphatic carbocycles. The van der Waals surface area contributed by atoms with E-state index >= 15 is 0 Å². The van der Waals surface area contributed by atoms with Crippen LogP contribution in [0.3, 0.4) is 0 Å². The van der Waals surface area contributed by atoms with E-state index in [-0.39, 0.29) is 0 Å². The van der Waals surface area contributed by atoms with Crippen molar-refractivity contribution in [1.82, 2.24) is 0 Å². The zero-order valence-corrected chi connectivity index (χ0v) is 6.33. The van der Waals surface area contributed by atoms with E-state index in [0.717, 1.165) is 4.43 Å². The van der Waals surface area contributed by atoms with Crippen molar-refractivity contribution in [3.63, 3.8) is 0 Å². The van der Waals surface area contributed by atoms with Crippen LogP contribution in [0.1, 0.15) is 0 Å². The largest absolute Gasteiger partial charge is 0.356 e. The third-order valence-electron chi connectivity index (χ3n) is 0.354. The normalized spacial score (nSPS) is 10.1. The molecule has 0 saturated heterocycles. The molecule has 0 aromatic carbocycles. The highest BCUT2D eigenvalue weighted by Gasteiger charge is 1.81. The summed E-state index contributed by atoms with van der Waals surface area (Å²) in [5.74, 6) is 0. The van der Waals surface area contributed by atoms with Crippen LogP contribution >= 0.6 is 22.6 Å². The number of rotatable bonds is 2. The standard InChI is InChI=1S/C3H6IN3O/c4-1-2-6-7-3(5)8/h1-2H2,(H2,5,8). The van der Waals surface area contributed by atoms with Crippen LogP contribution in [0.5, 0.6) is 0 Å². The molecule has 0 aliphatic rings. The fraction of sp³-hybridized carbons (Fsp3) is 0.667. The molecule has 2 N–H and O–H groups in total. The highest BCUT2D eigenvalue weighted by Crippen LogP contribution is 1.81. The number of urea groups is 1.